The molecule has 140 valence electrons. The maximum absolute atomic E-state index is 13.1. The highest BCUT2D eigenvalue weighted by Gasteiger charge is 2.27. The molecule has 0 spiro atoms. The van der Waals surface area contributed by atoms with Gasteiger partial charge in [0, 0.05) is 29.4 Å². The Balaban J connectivity index is 1.44. The fourth-order valence-corrected chi connectivity index (χ4v) is 3.86. The summed E-state index contributed by atoms with van der Waals surface area (Å²) in [7, 11) is 0. The number of hydrogen-bond donors (Lipinski definition) is 1. The lowest BCUT2D eigenvalue weighted by Crippen LogP contribution is -2.07. The summed E-state index contributed by atoms with van der Waals surface area (Å²) in [6.07, 6.45) is 2.33. The van der Waals surface area contributed by atoms with Gasteiger partial charge in [-0.2, -0.15) is 0 Å². The van der Waals surface area contributed by atoms with Crippen LogP contribution in [0.3, 0.4) is 0 Å². The molecule has 0 unspecified atom stereocenters. The SMILES string of the molecule is Cc1cc(C(=O)CSc2n[nH]c(C3CC3)n2)c(C)n1Cc1ccc(F)cc1. The van der Waals surface area contributed by atoms with Crippen LogP contribution in [0.15, 0.2) is 35.5 Å². The number of aryl methyl sites for hydroxylation is 1. The smallest absolute Gasteiger partial charge is 0.208 e. The second-order valence-electron chi connectivity index (χ2n) is 6.99. The van der Waals surface area contributed by atoms with E-state index in [1.165, 1.54) is 23.9 Å². The predicted octanol–water partition coefficient (Wildman–Crippen LogP) is 4.26. The van der Waals surface area contributed by atoms with E-state index in [1.54, 1.807) is 12.1 Å². The van der Waals surface area contributed by atoms with Gasteiger partial charge in [0.05, 0.1) is 5.75 Å². The predicted molar refractivity (Wildman–Crippen MR) is 103 cm³/mol. The molecule has 27 heavy (non-hydrogen) atoms. The van der Waals surface area contributed by atoms with E-state index >= 15 is 0 Å². The molecule has 1 aliphatic carbocycles. The van der Waals surface area contributed by atoms with E-state index in [-0.39, 0.29) is 11.6 Å². The number of Topliss-reactive ketones (excluding diaryl/α,β-unsaturated/α-hetero) is 1. The minimum Gasteiger partial charge on any atom is -0.344 e. The largest absolute Gasteiger partial charge is 0.344 e. The quantitative estimate of drug-likeness (QED) is 0.488. The normalized spacial score (nSPS) is 13.9. The number of nitrogens with one attached hydrogen (secondary N) is 1. The summed E-state index contributed by atoms with van der Waals surface area (Å²) >= 11 is 1.36. The molecule has 7 heteroatoms. The summed E-state index contributed by atoms with van der Waals surface area (Å²) in [6, 6.07) is 8.38. The average molecular weight is 384 g/mol. The Hall–Kier alpha value is -2.41. The van der Waals surface area contributed by atoms with Crippen LogP contribution in [0.5, 0.6) is 0 Å². The van der Waals surface area contributed by atoms with Crippen LogP contribution < -0.4 is 0 Å². The van der Waals surface area contributed by atoms with Gasteiger partial charge in [0.15, 0.2) is 5.78 Å². The molecule has 1 aromatic carbocycles. The van der Waals surface area contributed by atoms with E-state index < -0.39 is 0 Å². The van der Waals surface area contributed by atoms with Crippen LogP contribution >= 0.6 is 11.8 Å². The Morgan fingerprint density at radius 2 is 2.04 bits per heavy atom. The number of rotatable bonds is 7. The number of carbonyl (C=O) groups is 1. The Labute approximate surface area is 161 Å². The summed E-state index contributed by atoms with van der Waals surface area (Å²) in [6.45, 7) is 4.55. The summed E-state index contributed by atoms with van der Waals surface area (Å²) < 4.78 is 15.2. The Morgan fingerprint density at radius 1 is 1.30 bits per heavy atom. The van der Waals surface area contributed by atoms with Gasteiger partial charge in [-0.05, 0) is 50.5 Å². The minimum absolute atomic E-state index is 0.0660. The van der Waals surface area contributed by atoms with Crippen LogP contribution in [0, 0.1) is 19.7 Å². The zero-order chi connectivity index (χ0) is 19.0. The molecule has 0 bridgehead atoms. The van der Waals surface area contributed by atoms with Crippen molar-refractivity contribution in [2.75, 3.05) is 5.75 Å². The van der Waals surface area contributed by atoms with Gasteiger partial charge in [-0.3, -0.25) is 9.89 Å². The molecule has 0 aliphatic heterocycles. The first kappa shape index (κ1) is 18.0. The minimum atomic E-state index is -0.246. The van der Waals surface area contributed by atoms with Crippen molar-refractivity contribution in [1.82, 2.24) is 19.7 Å². The third-order valence-corrected chi connectivity index (χ3v) is 5.75. The highest BCUT2D eigenvalue weighted by atomic mass is 32.2. The first-order valence-electron chi connectivity index (χ1n) is 9.00. The number of thioether (sulfide) groups is 1. The van der Waals surface area contributed by atoms with Gasteiger partial charge in [0.2, 0.25) is 5.16 Å². The number of H-pyrrole nitrogens is 1. The molecule has 1 aliphatic rings. The molecule has 3 aromatic rings. The summed E-state index contributed by atoms with van der Waals surface area (Å²) in [5.74, 6) is 1.58. The highest BCUT2D eigenvalue weighted by Crippen LogP contribution is 2.38. The third-order valence-electron chi connectivity index (χ3n) is 4.91. The van der Waals surface area contributed by atoms with Crippen molar-refractivity contribution in [1.29, 1.82) is 0 Å². The lowest BCUT2D eigenvalue weighted by atomic mass is 10.2. The van der Waals surface area contributed by atoms with Crippen molar-refractivity contribution >= 4 is 17.5 Å². The number of aromatic amines is 1. The summed E-state index contributed by atoms with van der Waals surface area (Å²) in [5, 5.41) is 7.78. The second kappa shape index (κ2) is 7.31. The Morgan fingerprint density at radius 3 is 2.74 bits per heavy atom. The molecule has 2 aromatic heterocycles. The maximum Gasteiger partial charge on any atom is 0.208 e. The third kappa shape index (κ3) is 3.98. The number of carbonyl (C=O) groups excluding carboxylic acids is 1. The molecular formula is C20H21FN4OS. The van der Waals surface area contributed by atoms with Crippen LogP contribution in [0.2, 0.25) is 0 Å². The lowest BCUT2D eigenvalue weighted by Gasteiger charge is -2.10. The van der Waals surface area contributed by atoms with E-state index in [0.717, 1.165) is 41.2 Å². The van der Waals surface area contributed by atoms with Gasteiger partial charge in [0.1, 0.15) is 11.6 Å². The zero-order valence-electron chi connectivity index (χ0n) is 15.3. The average Bonchev–Trinajstić information content (AvgIpc) is 3.34. The van der Waals surface area contributed by atoms with Crippen molar-refractivity contribution in [2.24, 2.45) is 0 Å². The van der Waals surface area contributed by atoms with Gasteiger partial charge >= 0.3 is 0 Å². The van der Waals surface area contributed by atoms with Gasteiger partial charge in [-0.1, -0.05) is 23.9 Å². The van der Waals surface area contributed by atoms with Crippen molar-refractivity contribution in [3.63, 3.8) is 0 Å². The van der Waals surface area contributed by atoms with E-state index in [1.807, 2.05) is 19.9 Å². The van der Waals surface area contributed by atoms with E-state index in [9.17, 15) is 9.18 Å². The van der Waals surface area contributed by atoms with Crippen LogP contribution in [0.25, 0.3) is 0 Å². The number of aromatic nitrogens is 4. The van der Waals surface area contributed by atoms with Crippen molar-refractivity contribution in [2.45, 2.75) is 44.3 Å². The van der Waals surface area contributed by atoms with Crippen molar-refractivity contribution < 1.29 is 9.18 Å². The molecule has 0 atom stereocenters. The number of hydrogen-bond acceptors (Lipinski definition) is 4. The fourth-order valence-electron chi connectivity index (χ4n) is 3.17. The summed E-state index contributed by atoms with van der Waals surface area (Å²) in [5.41, 5.74) is 3.66. The van der Waals surface area contributed by atoms with Gasteiger partial charge < -0.3 is 4.57 Å². The molecule has 4 rings (SSSR count). The number of benzene rings is 1. The number of nitrogens with zero attached hydrogens (tertiary/aromatic N) is 3. The number of halogens is 1. The molecule has 0 saturated heterocycles. The molecular weight excluding hydrogens is 363 g/mol. The second-order valence-corrected chi connectivity index (χ2v) is 7.93. The van der Waals surface area contributed by atoms with E-state index in [0.29, 0.717) is 23.4 Å². The molecule has 0 radical (unpaired) electrons. The fraction of sp³-hybridized carbons (Fsp3) is 0.350. The van der Waals surface area contributed by atoms with Gasteiger partial charge in [-0.15, -0.1) is 5.10 Å². The Kier molecular flexibility index (Phi) is 4.86. The zero-order valence-corrected chi connectivity index (χ0v) is 16.1. The first-order valence-corrected chi connectivity index (χ1v) is 9.99. The Bertz CT molecular complexity index is 973. The molecule has 1 fully saturated rings. The van der Waals surface area contributed by atoms with Crippen molar-refractivity contribution in [3.05, 3.63) is 64.5 Å². The maximum atomic E-state index is 13.1. The standard InChI is InChI=1S/C20H21FN4OS/c1-12-9-17(13(2)25(12)10-14-3-7-16(21)8-4-14)18(26)11-27-20-22-19(23-24-20)15-5-6-15/h3-4,7-9,15H,5-6,10-11H2,1-2H3,(H,22,23,24). The molecule has 0 amide bonds. The molecule has 2 heterocycles. The van der Waals surface area contributed by atoms with E-state index in [4.69, 9.17) is 0 Å². The monoisotopic (exact) mass is 384 g/mol. The first-order chi connectivity index (χ1) is 13.0. The van der Waals surface area contributed by atoms with Gasteiger partial charge in [-0.25, -0.2) is 9.37 Å². The van der Waals surface area contributed by atoms with Crippen LogP contribution in [0.4, 0.5) is 4.39 Å². The van der Waals surface area contributed by atoms with Crippen molar-refractivity contribution in [3.8, 4) is 0 Å². The molecule has 5 nitrogen and oxygen atoms in total. The molecule has 1 N–H and O–H groups in total. The topological polar surface area (TPSA) is 63.6 Å². The lowest BCUT2D eigenvalue weighted by molar-refractivity contribution is 0.102. The summed E-state index contributed by atoms with van der Waals surface area (Å²) in [4.78, 5) is 17.2. The van der Waals surface area contributed by atoms with Crippen LogP contribution in [-0.4, -0.2) is 31.3 Å². The van der Waals surface area contributed by atoms with Crippen LogP contribution in [-0.2, 0) is 6.54 Å². The van der Waals surface area contributed by atoms with Gasteiger partial charge in [0.25, 0.3) is 0 Å². The van der Waals surface area contributed by atoms with Crippen LogP contribution in [0.1, 0.15) is 51.9 Å². The van der Waals surface area contributed by atoms with E-state index in [2.05, 4.69) is 19.7 Å². The highest BCUT2D eigenvalue weighted by molar-refractivity contribution is 7.99. The number of ketones is 1. The molecule has 1 saturated carbocycles.